The van der Waals surface area contributed by atoms with Gasteiger partial charge in [-0.25, -0.2) is 9.67 Å². The number of hydrogen-bond acceptors (Lipinski definition) is 3. The maximum atomic E-state index is 5.98. The highest BCUT2D eigenvalue weighted by Gasteiger charge is 2.21. The zero-order chi connectivity index (χ0) is 19.9. The summed E-state index contributed by atoms with van der Waals surface area (Å²) in [6.45, 7) is 4.32. The standard InChI is InChI=1S/C23H27N5O.HI/c1-2-24-23(26-16-21-14-19-8-6-7-11-22(19)29-21)25-13-12-18-15-27-28(17-18)20-9-4-3-5-10-20;/h3-11,15,17,21H,2,12-14,16H2,1H3,(H2,24,25,26);1H. The maximum absolute atomic E-state index is 5.98. The first-order valence-corrected chi connectivity index (χ1v) is 10.2. The van der Waals surface area contributed by atoms with Gasteiger partial charge >= 0.3 is 0 Å². The van der Waals surface area contributed by atoms with Gasteiger partial charge in [0.25, 0.3) is 0 Å². The molecule has 1 aliphatic heterocycles. The molecule has 1 aliphatic rings. The van der Waals surface area contributed by atoms with Gasteiger partial charge < -0.3 is 15.4 Å². The summed E-state index contributed by atoms with van der Waals surface area (Å²) in [5.74, 6) is 1.81. The number of ether oxygens (including phenoxy) is 1. The van der Waals surface area contributed by atoms with Crippen LogP contribution in [0.25, 0.3) is 5.69 Å². The Kier molecular flexibility index (Phi) is 8.12. The average molecular weight is 517 g/mol. The molecule has 1 unspecified atom stereocenters. The fourth-order valence-electron chi connectivity index (χ4n) is 3.43. The zero-order valence-corrected chi connectivity index (χ0v) is 19.5. The van der Waals surface area contributed by atoms with E-state index in [0.717, 1.165) is 43.3 Å². The van der Waals surface area contributed by atoms with Gasteiger partial charge in [-0.2, -0.15) is 5.10 Å². The van der Waals surface area contributed by atoms with Crippen LogP contribution in [0.2, 0.25) is 0 Å². The quantitative estimate of drug-likeness (QED) is 0.286. The highest BCUT2D eigenvalue weighted by molar-refractivity contribution is 14.0. The Balaban J connectivity index is 0.00000256. The van der Waals surface area contributed by atoms with Crippen molar-refractivity contribution in [3.63, 3.8) is 0 Å². The van der Waals surface area contributed by atoms with Crippen LogP contribution in [-0.2, 0) is 12.8 Å². The van der Waals surface area contributed by atoms with Crippen molar-refractivity contribution >= 4 is 29.9 Å². The van der Waals surface area contributed by atoms with Crippen molar-refractivity contribution < 1.29 is 4.74 Å². The van der Waals surface area contributed by atoms with E-state index in [0.29, 0.717) is 6.54 Å². The summed E-state index contributed by atoms with van der Waals surface area (Å²) in [7, 11) is 0. The first-order valence-electron chi connectivity index (χ1n) is 10.2. The van der Waals surface area contributed by atoms with Gasteiger partial charge in [0.2, 0.25) is 0 Å². The minimum Gasteiger partial charge on any atom is -0.488 e. The van der Waals surface area contributed by atoms with Crippen LogP contribution >= 0.6 is 24.0 Å². The summed E-state index contributed by atoms with van der Waals surface area (Å²) < 4.78 is 7.89. The minimum absolute atomic E-state index is 0. The molecule has 0 amide bonds. The summed E-state index contributed by atoms with van der Waals surface area (Å²) in [5.41, 5.74) is 3.52. The number of aromatic nitrogens is 2. The SMILES string of the molecule is CCNC(=NCC1Cc2ccccc2O1)NCCc1cnn(-c2ccccc2)c1.I. The zero-order valence-electron chi connectivity index (χ0n) is 17.1. The molecule has 1 aromatic heterocycles. The van der Waals surface area contributed by atoms with Crippen LogP contribution in [0.5, 0.6) is 5.75 Å². The molecule has 2 heterocycles. The number of halogens is 1. The largest absolute Gasteiger partial charge is 0.488 e. The molecule has 0 radical (unpaired) electrons. The van der Waals surface area contributed by atoms with Crippen molar-refractivity contribution in [3.8, 4) is 11.4 Å². The Labute approximate surface area is 194 Å². The lowest BCUT2D eigenvalue weighted by Crippen LogP contribution is -2.39. The van der Waals surface area contributed by atoms with E-state index in [-0.39, 0.29) is 30.1 Å². The first kappa shape index (κ1) is 22.1. The van der Waals surface area contributed by atoms with Gasteiger partial charge in [0.15, 0.2) is 5.96 Å². The van der Waals surface area contributed by atoms with Crippen molar-refractivity contribution in [2.24, 2.45) is 4.99 Å². The molecule has 30 heavy (non-hydrogen) atoms. The van der Waals surface area contributed by atoms with E-state index in [2.05, 4.69) is 41.0 Å². The Morgan fingerprint density at radius 3 is 2.73 bits per heavy atom. The smallest absolute Gasteiger partial charge is 0.191 e. The summed E-state index contributed by atoms with van der Waals surface area (Å²) in [6.07, 6.45) is 5.89. The number of nitrogens with zero attached hydrogens (tertiary/aromatic N) is 3. The Morgan fingerprint density at radius 2 is 1.93 bits per heavy atom. The number of nitrogens with one attached hydrogen (secondary N) is 2. The van der Waals surface area contributed by atoms with Crippen LogP contribution in [0, 0.1) is 0 Å². The summed E-state index contributed by atoms with van der Waals surface area (Å²) in [5, 5.41) is 11.2. The number of aliphatic imine (C=N–C) groups is 1. The van der Waals surface area contributed by atoms with Crippen molar-refractivity contribution in [3.05, 3.63) is 78.1 Å². The third kappa shape index (κ3) is 5.75. The average Bonchev–Trinajstić information content (AvgIpc) is 3.39. The summed E-state index contributed by atoms with van der Waals surface area (Å²) in [6, 6.07) is 18.4. The molecule has 0 spiro atoms. The first-order chi connectivity index (χ1) is 14.3. The highest BCUT2D eigenvalue weighted by Crippen LogP contribution is 2.28. The topological polar surface area (TPSA) is 63.5 Å². The molecule has 2 aromatic carbocycles. The monoisotopic (exact) mass is 517 g/mol. The van der Waals surface area contributed by atoms with Crippen LogP contribution in [0.15, 0.2) is 72.0 Å². The second-order valence-electron chi connectivity index (χ2n) is 7.08. The van der Waals surface area contributed by atoms with Crippen molar-refractivity contribution in [2.75, 3.05) is 19.6 Å². The van der Waals surface area contributed by atoms with E-state index in [1.54, 1.807) is 0 Å². The lowest BCUT2D eigenvalue weighted by atomic mass is 10.1. The van der Waals surface area contributed by atoms with E-state index in [1.807, 2.05) is 53.3 Å². The second-order valence-corrected chi connectivity index (χ2v) is 7.08. The molecule has 158 valence electrons. The number of fused-ring (bicyclic) bond motifs is 1. The number of hydrogen-bond donors (Lipinski definition) is 2. The van der Waals surface area contributed by atoms with Gasteiger partial charge in [0, 0.05) is 25.7 Å². The van der Waals surface area contributed by atoms with Gasteiger partial charge in [-0.15, -0.1) is 24.0 Å². The van der Waals surface area contributed by atoms with Crippen LogP contribution in [-0.4, -0.2) is 41.5 Å². The van der Waals surface area contributed by atoms with Gasteiger partial charge in [-0.05, 0) is 42.7 Å². The number of rotatable bonds is 7. The lowest BCUT2D eigenvalue weighted by molar-refractivity contribution is 0.241. The second kappa shape index (κ2) is 11.0. The van der Waals surface area contributed by atoms with E-state index in [1.165, 1.54) is 11.1 Å². The van der Waals surface area contributed by atoms with E-state index < -0.39 is 0 Å². The maximum Gasteiger partial charge on any atom is 0.191 e. The fourth-order valence-corrected chi connectivity index (χ4v) is 3.43. The van der Waals surface area contributed by atoms with Crippen LogP contribution in [0.4, 0.5) is 0 Å². The molecule has 3 aromatic rings. The van der Waals surface area contributed by atoms with E-state index in [9.17, 15) is 0 Å². The molecule has 1 atom stereocenters. The molecule has 0 bridgehead atoms. The molecule has 0 aliphatic carbocycles. The van der Waals surface area contributed by atoms with Gasteiger partial charge in [-0.1, -0.05) is 36.4 Å². The Bertz CT molecular complexity index is 932. The fraction of sp³-hybridized carbons (Fsp3) is 0.304. The molecule has 2 N–H and O–H groups in total. The van der Waals surface area contributed by atoms with Crippen molar-refractivity contribution in [1.82, 2.24) is 20.4 Å². The molecule has 0 saturated carbocycles. The predicted molar refractivity (Wildman–Crippen MR) is 131 cm³/mol. The van der Waals surface area contributed by atoms with Crippen molar-refractivity contribution in [2.45, 2.75) is 25.9 Å². The van der Waals surface area contributed by atoms with Crippen LogP contribution < -0.4 is 15.4 Å². The van der Waals surface area contributed by atoms with Gasteiger partial charge in [0.05, 0.1) is 18.4 Å². The van der Waals surface area contributed by atoms with Crippen LogP contribution in [0.3, 0.4) is 0 Å². The van der Waals surface area contributed by atoms with Gasteiger partial charge in [0.1, 0.15) is 11.9 Å². The molecule has 0 saturated heterocycles. The minimum atomic E-state index is 0. The Hall–Kier alpha value is -2.55. The van der Waals surface area contributed by atoms with Crippen LogP contribution in [0.1, 0.15) is 18.1 Å². The summed E-state index contributed by atoms with van der Waals surface area (Å²) in [4.78, 5) is 4.71. The molecule has 6 nitrogen and oxygen atoms in total. The van der Waals surface area contributed by atoms with E-state index in [4.69, 9.17) is 9.73 Å². The predicted octanol–water partition coefficient (Wildman–Crippen LogP) is 3.59. The highest BCUT2D eigenvalue weighted by atomic mass is 127. The molecule has 0 fully saturated rings. The summed E-state index contributed by atoms with van der Waals surface area (Å²) >= 11 is 0. The number of guanidine groups is 1. The number of benzene rings is 2. The van der Waals surface area contributed by atoms with E-state index >= 15 is 0 Å². The van der Waals surface area contributed by atoms with Gasteiger partial charge in [-0.3, -0.25) is 0 Å². The molecule has 4 rings (SSSR count). The normalized spacial score (nSPS) is 15.1. The third-order valence-corrected chi connectivity index (χ3v) is 4.87. The molecular formula is C23H28IN5O. The molecular weight excluding hydrogens is 489 g/mol. The third-order valence-electron chi connectivity index (χ3n) is 4.87. The lowest BCUT2D eigenvalue weighted by Gasteiger charge is -2.13. The van der Waals surface area contributed by atoms with Crippen molar-refractivity contribution in [1.29, 1.82) is 0 Å². The Morgan fingerprint density at radius 1 is 1.13 bits per heavy atom. The number of para-hydroxylation sites is 2. The molecule has 7 heteroatoms.